The molecule has 0 unspecified atom stereocenters. The fraction of sp³-hybridized carbons (Fsp3) is 0.0426. The first kappa shape index (κ1) is 28.6. The Kier molecular flexibility index (Phi) is 6.31. The second-order valence-electron chi connectivity index (χ2n) is 13.3. The van der Waals surface area contributed by atoms with Gasteiger partial charge in [-0.05, 0) is 136 Å². The van der Waals surface area contributed by atoms with Crippen LogP contribution in [0.2, 0.25) is 0 Å². The third-order valence-electron chi connectivity index (χ3n) is 10.5. The Labute approximate surface area is 290 Å². The van der Waals surface area contributed by atoms with Gasteiger partial charge in [0.15, 0.2) is 0 Å². The van der Waals surface area contributed by atoms with Crippen molar-refractivity contribution in [1.29, 1.82) is 0 Å². The highest BCUT2D eigenvalue weighted by molar-refractivity contribution is 6.13. The maximum absolute atomic E-state index is 5.08. The Morgan fingerprint density at radius 1 is 0.400 bits per heavy atom. The van der Waals surface area contributed by atoms with E-state index in [1.54, 1.807) is 0 Å². The first-order chi connectivity index (χ1) is 24.6. The highest BCUT2D eigenvalue weighted by Gasteiger charge is 2.17. The average molecular weight is 640 g/mol. The molecule has 0 spiro atoms. The van der Waals surface area contributed by atoms with E-state index in [9.17, 15) is 0 Å². The lowest BCUT2D eigenvalue weighted by atomic mass is 9.95. The summed E-state index contributed by atoms with van der Waals surface area (Å²) in [5.74, 6) is 0.941. The summed E-state index contributed by atoms with van der Waals surface area (Å²) in [7, 11) is 0. The molecule has 0 fully saturated rings. The molecule has 3 nitrogen and oxygen atoms in total. The number of fused-ring (bicyclic) bond motifs is 6. The molecule has 0 bridgehead atoms. The summed E-state index contributed by atoms with van der Waals surface area (Å²) in [6.45, 7) is 4.48. The van der Waals surface area contributed by atoms with Gasteiger partial charge in [-0.1, -0.05) is 91.0 Å². The quantitative estimate of drug-likeness (QED) is 0.176. The second-order valence-corrected chi connectivity index (χ2v) is 13.3. The van der Waals surface area contributed by atoms with Gasteiger partial charge < -0.3 is 4.57 Å². The number of hydrogen-bond acceptors (Lipinski definition) is 1. The Morgan fingerprint density at radius 3 is 1.84 bits per heavy atom. The summed E-state index contributed by atoms with van der Waals surface area (Å²) >= 11 is 0. The van der Waals surface area contributed by atoms with Crippen LogP contribution in [0.5, 0.6) is 0 Å². The van der Waals surface area contributed by atoms with E-state index < -0.39 is 0 Å². The first-order valence-electron chi connectivity index (χ1n) is 17.2. The molecular weight excluding hydrogens is 607 g/mol. The summed E-state index contributed by atoms with van der Waals surface area (Å²) in [4.78, 5) is 5.08. The molecule has 3 heteroatoms. The average Bonchev–Trinajstić information content (AvgIpc) is 3.68. The monoisotopic (exact) mass is 639 g/mol. The zero-order chi connectivity index (χ0) is 33.3. The van der Waals surface area contributed by atoms with Crippen LogP contribution in [-0.2, 0) is 0 Å². The largest absolute Gasteiger partial charge is 0.314 e. The van der Waals surface area contributed by atoms with Gasteiger partial charge in [-0.25, -0.2) is 4.98 Å². The van der Waals surface area contributed by atoms with Crippen LogP contribution in [0, 0.1) is 13.8 Å². The van der Waals surface area contributed by atoms with E-state index in [0.29, 0.717) is 0 Å². The van der Waals surface area contributed by atoms with Gasteiger partial charge in [-0.15, -0.1) is 0 Å². The van der Waals surface area contributed by atoms with Crippen molar-refractivity contribution in [3.05, 3.63) is 175 Å². The zero-order valence-electron chi connectivity index (χ0n) is 27.9. The van der Waals surface area contributed by atoms with Gasteiger partial charge in [0.1, 0.15) is 5.82 Å². The summed E-state index contributed by atoms with van der Waals surface area (Å²) in [5.41, 5.74) is 11.7. The molecule has 10 aromatic rings. The topological polar surface area (TPSA) is 22.8 Å². The highest BCUT2D eigenvalue weighted by Crippen LogP contribution is 2.37. The van der Waals surface area contributed by atoms with Crippen molar-refractivity contribution < 1.29 is 0 Å². The molecule has 0 saturated carbocycles. The van der Waals surface area contributed by atoms with E-state index in [1.165, 1.54) is 65.6 Å². The molecule has 0 N–H and O–H groups in total. The van der Waals surface area contributed by atoms with Crippen molar-refractivity contribution in [2.75, 3.05) is 0 Å². The highest BCUT2D eigenvalue weighted by atomic mass is 15.1. The maximum Gasteiger partial charge on any atom is 0.145 e. The van der Waals surface area contributed by atoms with E-state index in [0.717, 1.165) is 33.8 Å². The van der Waals surface area contributed by atoms with E-state index in [2.05, 4.69) is 187 Å². The van der Waals surface area contributed by atoms with Gasteiger partial charge >= 0.3 is 0 Å². The van der Waals surface area contributed by atoms with Crippen LogP contribution >= 0.6 is 0 Å². The molecule has 8 aromatic carbocycles. The molecule has 10 rings (SSSR count). The number of aromatic nitrogens is 3. The van der Waals surface area contributed by atoms with E-state index in [1.807, 2.05) is 0 Å². The van der Waals surface area contributed by atoms with Crippen LogP contribution in [0.25, 0.3) is 88.1 Å². The van der Waals surface area contributed by atoms with Crippen LogP contribution in [0.4, 0.5) is 0 Å². The number of benzene rings is 8. The van der Waals surface area contributed by atoms with Gasteiger partial charge in [-0.2, -0.15) is 0 Å². The van der Waals surface area contributed by atoms with Gasteiger partial charge in [-0.3, -0.25) is 4.57 Å². The van der Waals surface area contributed by atoms with Crippen LogP contribution in [0.3, 0.4) is 0 Å². The predicted molar refractivity (Wildman–Crippen MR) is 211 cm³/mol. The minimum absolute atomic E-state index is 0.941. The molecule has 50 heavy (non-hydrogen) atoms. The number of para-hydroxylation sites is 3. The molecule has 0 aliphatic carbocycles. The van der Waals surface area contributed by atoms with Crippen molar-refractivity contribution >= 4 is 54.3 Å². The molecule has 0 saturated heterocycles. The second kappa shape index (κ2) is 11.0. The zero-order valence-corrected chi connectivity index (χ0v) is 27.9. The lowest BCUT2D eigenvalue weighted by Crippen LogP contribution is -1.99. The summed E-state index contributed by atoms with van der Waals surface area (Å²) in [5, 5.41) is 8.90. The molecule has 0 aliphatic rings. The molecule has 2 aromatic heterocycles. The van der Waals surface area contributed by atoms with Crippen molar-refractivity contribution in [2.24, 2.45) is 0 Å². The summed E-state index contributed by atoms with van der Waals surface area (Å²) in [6.07, 6.45) is 0. The van der Waals surface area contributed by atoms with E-state index >= 15 is 0 Å². The lowest BCUT2D eigenvalue weighted by molar-refractivity contribution is 1.04. The van der Waals surface area contributed by atoms with Gasteiger partial charge in [0.05, 0.1) is 16.6 Å². The fourth-order valence-electron chi connectivity index (χ4n) is 7.83. The third-order valence-corrected chi connectivity index (χ3v) is 10.5. The van der Waals surface area contributed by atoms with Crippen molar-refractivity contribution in [2.45, 2.75) is 13.8 Å². The third kappa shape index (κ3) is 4.40. The molecule has 0 aliphatic heterocycles. The fourth-order valence-corrected chi connectivity index (χ4v) is 7.83. The Bertz CT molecular complexity index is 2930. The molecule has 0 amide bonds. The lowest BCUT2D eigenvalue weighted by Gasteiger charge is -2.13. The van der Waals surface area contributed by atoms with Gasteiger partial charge in [0.25, 0.3) is 0 Å². The van der Waals surface area contributed by atoms with Crippen molar-refractivity contribution in [3.63, 3.8) is 0 Å². The molecule has 0 radical (unpaired) electrons. The van der Waals surface area contributed by atoms with E-state index in [-0.39, 0.29) is 0 Å². The molecule has 2 heterocycles. The number of rotatable bonds is 4. The minimum Gasteiger partial charge on any atom is -0.314 e. The maximum atomic E-state index is 5.08. The molecule has 236 valence electrons. The Morgan fingerprint density at radius 2 is 1.02 bits per heavy atom. The first-order valence-corrected chi connectivity index (χ1v) is 17.2. The normalized spacial score (nSPS) is 11.8. The Hall–Kier alpha value is -6.45. The number of nitrogens with zero attached hydrogens (tertiary/aromatic N) is 3. The number of imidazole rings is 1. The van der Waals surface area contributed by atoms with Crippen LogP contribution in [0.15, 0.2) is 164 Å². The van der Waals surface area contributed by atoms with Crippen LogP contribution < -0.4 is 0 Å². The van der Waals surface area contributed by atoms with Gasteiger partial charge in [0, 0.05) is 28.0 Å². The standard InChI is InChI=1S/C47H33N3/c1-30-31(2)49(40-23-20-33(21-24-40)47-48-44-14-8-9-15-45(44)50(47)39-12-4-3-5-13-39)46-28-38-19-18-37-27-36(22-25-41(37)43(38)29-42(30)46)35-17-16-32-10-6-7-11-34(32)26-35/h3-29H,1-2H3. The minimum atomic E-state index is 0.941. The van der Waals surface area contributed by atoms with Gasteiger partial charge in [0.2, 0.25) is 0 Å². The van der Waals surface area contributed by atoms with E-state index in [4.69, 9.17) is 4.98 Å². The number of hydrogen-bond donors (Lipinski definition) is 0. The van der Waals surface area contributed by atoms with Crippen molar-refractivity contribution in [3.8, 4) is 33.9 Å². The smallest absolute Gasteiger partial charge is 0.145 e. The SMILES string of the molecule is Cc1c(C)n(-c2ccc(-c3nc4ccccc4n3-c3ccccc3)cc2)c2cc3ccc4cc(-c5ccc6ccccc6c5)ccc4c3cc12. The van der Waals surface area contributed by atoms with Crippen LogP contribution in [-0.4, -0.2) is 14.1 Å². The van der Waals surface area contributed by atoms with Crippen molar-refractivity contribution in [1.82, 2.24) is 14.1 Å². The Balaban J connectivity index is 1.07. The summed E-state index contributed by atoms with van der Waals surface area (Å²) in [6, 6.07) is 59.2. The molecular formula is C47H33N3. The van der Waals surface area contributed by atoms with Crippen LogP contribution in [0.1, 0.15) is 11.3 Å². The predicted octanol–water partition coefficient (Wildman–Crippen LogP) is 12.4. The summed E-state index contributed by atoms with van der Waals surface area (Å²) < 4.78 is 4.66. The number of aryl methyl sites for hydroxylation is 1. The molecule has 0 atom stereocenters.